The van der Waals surface area contributed by atoms with Crippen molar-refractivity contribution in [3.05, 3.63) is 106 Å². The molecule has 0 saturated carbocycles. The van der Waals surface area contributed by atoms with Crippen molar-refractivity contribution >= 4 is 16.7 Å². The number of benzene rings is 2. The van der Waals surface area contributed by atoms with Gasteiger partial charge in [0, 0.05) is 49.9 Å². The van der Waals surface area contributed by atoms with Crippen molar-refractivity contribution < 1.29 is 9.18 Å². The van der Waals surface area contributed by atoms with Crippen LogP contribution in [-0.2, 0) is 13.0 Å². The summed E-state index contributed by atoms with van der Waals surface area (Å²) in [6, 6.07) is 16.0. The van der Waals surface area contributed by atoms with E-state index in [2.05, 4.69) is 20.1 Å². The fraction of sp³-hybridized carbons (Fsp3) is 0.259. The van der Waals surface area contributed by atoms with Crippen molar-refractivity contribution in [3.63, 3.8) is 0 Å². The Hall–Kier alpha value is -3.91. The third kappa shape index (κ3) is 4.83. The molecule has 0 aliphatic carbocycles. The largest absolute Gasteiger partial charge is 0.337 e. The first kappa shape index (κ1) is 22.9. The molecule has 1 aliphatic heterocycles. The van der Waals surface area contributed by atoms with Gasteiger partial charge in [0.2, 0.25) is 0 Å². The summed E-state index contributed by atoms with van der Waals surface area (Å²) in [5.41, 5.74) is 2.40. The van der Waals surface area contributed by atoms with Crippen LogP contribution in [0.3, 0.4) is 0 Å². The monoisotopic (exact) mass is 471 g/mol. The molecule has 35 heavy (non-hydrogen) atoms. The topological polar surface area (TPSA) is 82.2 Å². The van der Waals surface area contributed by atoms with E-state index in [1.54, 1.807) is 41.6 Å². The Labute approximate surface area is 202 Å². The van der Waals surface area contributed by atoms with Crippen LogP contribution < -0.4 is 5.56 Å². The lowest BCUT2D eigenvalue weighted by atomic mass is 10.0. The van der Waals surface area contributed by atoms with E-state index >= 15 is 0 Å². The average Bonchev–Trinajstić information content (AvgIpc) is 3.38. The number of aromatic nitrogens is 3. The Morgan fingerprint density at radius 2 is 1.89 bits per heavy atom. The van der Waals surface area contributed by atoms with Gasteiger partial charge in [0.05, 0.1) is 16.6 Å². The van der Waals surface area contributed by atoms with Crippen molar-refractivity contribution in [2.45, 2.75) is 25.4 Å². The third-order valence-corrected chi connectivity index (χ3v) is 6.66. The number of nitrogens with one attached hydrogen (secondary N) is 1. The van der Waals surface area contributed by atoms with Crippen LogP contribution in [-0.4, -0.2) is 57.1 Å². The highest BCUT2D eigenvalue weighted by atomic mass is 19.1. The lowest BCUT2D eigenvalue weighted by molar-refractivity contribution is 0.0775. The summed E-state index contributed by atoms with van der Waals surface area (Å²) in [7, 11) is 2.04. The molecule has 1 fully saturated rings. The van der Waals surface area contributed by atoms with Crippen LogP contribution in [0.5, 0.6) is 0 Å². The lowest BCUT2D eigenvalue weighted by Crippen LogP contribution is -2.36. The normalized spacial score (nSPS) is 15.7. The molecule has 0 radical (unpaired) electrons. The molecule has 4 aromatic rings. The number of carbonyl (C=O) groups is 1. The summed E-state index contributed by atoms with van der Waals surface area (Å²) in [5, 5.41) is 8.02. The molecule has 1 saturated heterocycles. The van der Waals surface area contributed by atoms with Gasteiger partial charge < -0.3 is 4.90 Å². The molecule has 1 amide bonds. The molecule has 0 bridgehead atoms. The van der Waals surface area contributed by atoms with E-state index in [9.17, 15) is 14.0 Å². The van der Waals surface area contributed by atoms with Gasteiger partial charge in [-0.25, -0.2) is 9.49 Å². The summed E-state index contributed by atoms with van der Waals surface area (Å²) >= 11 is 0. The average molecular weight is 472 g/mol. The number of halogens is 1. The van der Waals surface area contributed by atoms with Crippen molar-refractivity contribution in [2.75, 3.05) is 20.1 Å². The molecular weight excluding hydrogens is 445 g/mol. The maximum atomic E-state index is 14.7. The van der Waals surface area contributed by atoms with E-state index in [0.717, 1.165) is 29.5 Å². The van der Waals surface area contributed by atoms with Gasteiger partial charge in [-0.3, -0.25) is 19.5 Å². The fourth-order valence-corrected chi connectivity index (χ4v) is 4.71. The molecule has 0 unspecified atom stereocenters. The number of likely N-dealkylation sites (tertiary alicyclic amines) is 1. The number of aromatic amines is 1. The number of carbonyl (C=O) groups excluding carboxylic acids is 1. The number of rotatable bonds is 6. The van der Waals surface area contributed by atoms with Crippen LogP contribution >= 0.6 is 0 Å². The standard InChI is InChI=1S/C27H26FN5O2/c1-32(16-18-8-11-29-12-9-18)20-10-13-33(17-20)27(35)23-14-19(6-7-24(23)28)15-25-21-4-2-3-5-22(21)26(34)31-30-25/h2-9,11-12,14,20H,10,13,15-17H2,1H3,(H,31,34)/t20-/m1/s1. The van der Waals surface area contributed by atoms with Crippen LogP contribution in [0, 0.1) is 5.82 Å². The molecule has 2 aromatic heterocycles. The van der Waals surface area contributed by atoms with Gasteiger partial charge in [-0.05, 0) is 54.9 Å². The second-order valence-corrected chi connectivity index (χ2v) is 9.00. The second-order valence-electron chi connectivity index (χ2n) is 9.00. The molecule has 7 nitrogen and oxygen atoms in total. The minimum absolute atomic E-state index is 0.0636. The Kier molecular flexibility index (Phi) is 6.37. The van der Waals surface area contributed by atoms with E-state index in [1.165, 1.54) is 6.07 Å². The molecule has 178 valence electrons. The summed E-state index contributed by atoms with van der Waals surface area (Å²) in [4.78, 5) is 33.3. The van der Waals surface area contributed by atoms with Gasteiger partial charge in [-0.15, -0.1) is 0 Å². The zero-order chi connectivity index (χ0) is 24.4. The number of likely N-dealkylation sites (N-methyl/N-ethyl adjacent to an activating group) is 1. The molecule has 8 heteroatoms. The maximum absolute atomic E-state index is 14.7. The molecule has 2 aromatic carbocycles. The Morgan fingerprint density at radius 3 is 2.69 bits per heavy atom. The van der Waals surface area contributed by atoms with Crippen molar-refractivity contribution in [2.24, 2.45) is 0 Å². The van der Waals surface area contributed by atoms with Gasteiger partial charge in [0.15, 0.2) is 0 Å². The number of H-pyrrole nitrogens is 1. The summed E-state index contributed by atoms with van der Waals surface area (Å²) in [6.45, 7) is 1.90. The van der Waals surface area contributed by atoms with Crippen LogP contribution in [0.4, 0.5) is 4.39 Å². The molecule has 3 heterocycles. The highest BCUT2D eigenvalue weighted by Crippen LogP contribution is 2.22. The predicted octanol–water partition coefficient (Wildman–Crippen LogP) is 3.39. The summed E-state index contributed by atoms with van der Waals surface area (Å²) in [6.07, 6.45) is 4.75. The van der Waals surface area contributed by atoms with Crippen LogP contribution in [0.25, 0.3) is 10.8 Å². The van der Waals surface area contributed by atoms with Crippen molar-refractivity contribution in [1.29, 1.82) is 0 Å². The number of pyridine rings is 1. The highest BCUT2D eigenvalue weighted by Gasteiger charge is 2.30. The van der Waals surface area contributed by atoms with E-state index in [0.29, 0.717) is 30.6 Å². The number of nitrogens with zero attached hydrogens (tertiary/aromatic N) is 4. The molecule has 5 rings (SSSR count). The third-order valence-electron chi connectivity index (χ3n) is 6.66. The molecule has 1 N–H and O–H groups in total. The van der Waals surface area contributed by atoms with Crippen LogP contribution in [0.2, 0.25) is 0 Å². The number of amides is 1. The summed E-state index contributed by atoms with van der Waals surface area (Å²) < 4.78 is 14.7. The van der Waals surface area contributed by atoms with Crippen LogP contribution in [0.15, 0.2) is 71.8 Å². The lowest BCUT2D eigenvalue weighted by Gasteiger charge is -2.25. The van der Waals surface area contributed by atoms with Gasteiger partial charge in [0.25, 0.3) is 11.5 Å². The van der Waals surface area contributed by atoms with Gasteiger partial charge >= 0.3 is 0 Å². The predicted molar refractivity (Wildman–Crippen MR) is 132 cm³/mol. The van der Waals surface area contributed by atoms with E-state index in [-0.39, 0.29) is 23.1 Å². The number of fused-ring (bicyclic) bond motifs is 1. The first-order valence-corrected chi connectivity index (χ1v) is 11.6. The molecule has 0 spiro atoms. The van der Waals surface area contributed by atoms with Gasteiger partial charge in [-0.2, -0.15) is 5.10 Å². The SMILES string of the molecule is CN(Cc1ccncc1)[C@@H]1CCN(C(=O)c2cc(Cc3n[nH]c(=O)c4ccccc34)ccc2F)C1. The fourth-order valence-electron chi connectivity index (χ4n) is 4.71. The number of hydrogen-bond donors (Lipinski definition) is 1. The first-order valence-electron chi connectivity index (χ1n) is 11.6. The maximum Gasteiger partial charge on any atom is 0.272 e. The second kappa shape index (κ2) is 9.76. The van der Waals surface area contributed by atoms with Crippen LogP contribution in [0.1, 0.15) is 33.6 Å². The van der Waals surface area contributed by atoms with E-state index in [4.69, 9.17) is 0 Å². The minimum atomic E-state index is -0.536. The molecule has 1 aliphatic rings. The molecular formula is C27H26FN5O2. The quantitative estimate of drug-likeness (QED) is 0.466. The van der Waals surface area contributed by atoms with Crippen molar-refractivity contribution in [1.82, 2.24) is 25.0 Å². The zero-order valence-corrected chi connectivity index (χ0v) is 19.4. The molecule has 1 atom stereocenters. The van der Waals surface area contributed by atoms with Crippen molar-refractivity contribution in [3.8, 4) is 0 Å². The Balaban J connectivity index is 1.32. The van der Waals surface area contributed by atoms with Gasteiger partial charge in [0.1, 0.15) is 5.82 Å². The number of hydrogen-bond acceptors (Lipinski definition) is 5. The van der Waals surface area contributed by atoms with Gasteiger partial charge in [-0.1, -0.05) is 24.3 Å². The smallest absolute Gasteiger partial charge is 0.272 e. The minimum Gasteiger partial charge on any atom is -0.337 e. The Bertz CT molecular complexity index is 1420. The van der Waals surface area contributed by atoms with E-state index < -0.39 is 5.82 Å². The summed E-state index contributed by atoms with van der Waals surface area (Å²) in [5.74, 6) is -0.838. The van der Waals surface area contributed by atoms with E-state index in [1.807, 2.05) is 31.3 Å². The zero-order valence-electron chi connectivity index (χ0n) is 19.4. The Morgan fingerprint density at radius 1 is 1.11 bits per heavy atom. The highest BCUT2D eigenvalue weighted by molar-refractivity contribution is 5.95. The first-order chi connectivity index (χ1) is 17.0.